The average molecular weight is 946 g/mol. The Hall–Kier alpha value is -4.73. The summed E-state index contributed by atoms with van der Waals surface area (Å²) in [5.41, 5.74) is -9.28. The van der Waals surface area contributed by atoms with E-state index in [1.807, 2.05) is 0 Å². The molecule has 4 aliphatic rings. The number of Topliss-reactive ketones (excluding diaryl/α,β-unsaturated/α-hetero) is 1. The first-order chi connectivity index (χ1) is 30.7. The summed E-state index contributed by atoms with van der Waals surface area (Å²) in [7, 11) is 0. The van der Waals surface area contributed by atoms with Crippen LogP contribution in [0.1, 0.15) is 96.6 Å². The van der Waals surface area contributed by atoms with Crippen LogP contribution in [0.15, 0.2) is 71.8 Å². The number of aliphatic hydroxyl groups is 4. The standard InChI is InChI=1S/C47H57NO18.Na/c1-23-28(62-41(58)35(63-31(52)19-27(50)39(55)56)33(25-15-11-9-12-16-25)48-42(59)66-43(3,4)5)21-47(60)38(64-40(57)26-17-13-10-14-18-26)36-45(8,37(54)34(53)32(23)44(47,6)7)29(51)20-30-46(36,22-61-30)65-24(2)49;/h9-18,27-30,33-36,38,50-51,53,60H,19-22H2,1-8H3,(H,48,59)(H,55,56);/q;+1/p-1/t27-,28+,29+,30-,33+,34-,35-,36+,38+,45-,46+,47-;/m1./s1. The van der Waals surface area contributed by atoms with Crippen molar-refractivity contribution in [3.63, 3.8) is 0 Å². The largest absolute Gasteiger partial charge is 1.00 e. The number of fused-ring (bicyclic) bond motifs is 5. The number of benzene rings is 2. The molecule has 2 saturated carbocycles. The monoisotopic (exact) mass is 945 g/mol. The van der Waals surface area contributed by atoms with Gasteiger partial charge in [-0.1, -0.05) is 62.4 Å². The minimum atomic E-state index is -2.51. The number of ether oxygens (including phenoxy) is 6. The zero-order valence-electron chi connectivity index (χ0n) is 38.8. The maximum Gasteiger partial charge on any atom is 1.00 e. The molecule has 0 spiro atoms. The fourth-order valence-corrected chi connectivity index (χ4v) is 10.1. The number of alkyl carbamates (subject to hydrolysis) is 1. The van der Waals surface area contributed by atoms with Gasteiger partial charge in [0.25, 0.3) is 0 Å². The summed E-state index contributed by atoms with van der Waals surface area (Å²) in [6.45, 7) is 11.1. The molecule has 1 heterocycles. The molecule has 2 bridgehead atoms. The maximum atomic E-state index is 15.1. The minimum absolute atomic E-state index is 0. The van der Waals surface area contributed by atoms with Gasteiger partial charge in [0.1, 0.15) is 47.8 Å². The predicted molar refractivity (Wildman–Crippen MR) is 223 cm³/mol. The van der Waals surface area contributed by atoms with Gasteiger partial charge in [-0.2, -0.15) is 0 Å². The van der Waals surface area contributed by atoms with Crippen LogP contribution >= 0.6 is 0 Å². The fraction of sp³-hybridized carbons (Fsp3) is 0.553. The average Bonchev–Trinajstić information content (AvgIpc) is 3.23. The van der Waals surface area contributed by atoms with E-state index in [1.165, 1.54) is 64.1 Å². The first-order valence-electron chi connectivity index (χ1n) is 21.4. The summed E-state index contributed by atoms with van der Waals surface area (Å²) in [4.78, 5) is 95.2. The number of carboxylic acid groups (broad SMARTS) is 1. The molecule has 0 radical (unpaired) electrons. The third-order valence-electron chi connectivity index (χ3n) is 13.4. The molecule has 67 heavy (non-hydrogen) atoms. The Morgan fingerprint density at radius 3 is 2.09 bits per heavy atom. The summed E-state index contributed by atoms with van der Waals surface area (Å²) >= 11 is 0. The molecule has 5 N–H and O–H groups in total. The molecular formula is C47H56NNaO18. The van der Waals surface area contributed by atoms with Gasteiger partial charge < -0.3 is 64.1 Å². The van der Waals surface area contributed by atoms with Crippen LogP contribution in [0.25, 0.3) is 0 Å². The van der Waals surface area contributed by atoms with Crippen LogP contribution in [0.2, 0.25) is 0 Å². The van der Waals surface area contributed by atoms with E-state index in [0.717, 1.165) is 6.92 Å². The van der Waals surface area contributed by atoms with Crippen LogP contribution < -0.4 is 40.0 Å². The summed E-state index contributed by atoms with van der Waals surface area (Å²) in [5.74, 6) is -9.34. The van der Waals surface area contributed by atoms with Crippen LogP contribution in [0.5, 0.6) is 0 Å². The summed E-state index contributed by atoms with van der Waals surface area (Å²) in [5, 5.41) is 61.8. The number of aliphatic carboxylic acids is 1. The van der Waals surface area contributed by atoms with Crippen LogP contribution in [-0.2, 0) is 52.4 Å². The van der Waals surface area contributed by atoms with Crippen molar-refractivity contribution in [2.75, 3.05) is 6.61 Å². The van der Waals surface area contributed by atoms with Crippen molar-refractivity contribution < 1.29 is 117 Å². The third-order valence-corrected chi connectivity index (χ3v) is 13.4. The van der Waals surface area contributed by atoms with Gasteiger partial charge in [-0.3, -0.25) is 14.4 Å². The second-order valence-electron chi connectivity index (χ2n) is 19.1. The van der Waals surface area contributed by atoms with E-state index >= 15 is 4.79 Å². The molecule has 0 aromatic heterocycles. The Bertz CT molecular complexity index is 2280. The molecule has 0 unspecified atom stereocenters. The van der Waals surface area contributed by atoms with Crippen molar-refractivity contribution in [3.05, 3.63) is 82.9 Å². The van der Waals surface area contributed by atoms with Crippen molar-refractivity contribution >= 4 is 41.7 Å². The quantitative estimate of drug-likeness (QED) is 0.0687. The molecule has 19 nitrogen and oxygen atoms in total. The molecule has 1 saturated heterocycles. The number of carbonyl (C=O) groups excluding carboxylic acids is 7. The van der Waals surface area contributed by atoms with Crippen LogP contribution in [0.3, 0.4) is 0 Å². The zero-order chi connectivity index (χ0) is 48.9. The predicted octanol–water partition coefficient (Wildman–Crippen LogP) is -1.68. The maximum absolute atomic E-state index is 15.1. The second-order valence-corrected chi connectivity index (χ2v) is 19.1. The molecule has 6 rings (SSSR count). The van der Waals surface area contributed by atoms with Crippen molar-refractivity contribution in [2.24, 2.45) is 16.7 Å². The number of carbonyl (C=O) groups is 7. The summed E-state index contributed by atoms with van der Waals surface area (Å²) in [6.07, 6.45) is -16.2. The van der Waals surface area contributed by atoms with Crippen molar-refractivity contribution in [1.82, 2.24) is 5.32 Å². The molecule has 3 aliphatic carbocycles. The Morgan fingerprint density at radius 2 is 1.55 bits per heavy atom. The van der Waals surface area contributed by atoms with E-state index in [1.54, 1.807) is 45.0 Å². The number of aliphatic hydroxyl groups excluding tert-OH is 3. The smallest absolute Gasteiger partial charge is 0.547 e. The number of hydrogen-bond acceptors (Lipinski definition) is 18. The van der Waals surface area contributed by atoms with E-state index in [-0.39, 0.29) is 64.9 Å². The van der Waals surface area contributed by atoms with Gasteiger partial charge in [0.15, 0.2) is 11.4 Å². The van der Waals surface area contributed by atoms with Gasteiger partial charge in [-0.25, -0.2) is 14.4 Å². The van der Waals surface area contributed by atoms with Gasteiger partial charge in [0.05, 0.1) is 42.0 Å². The topological polar surface area (TPSA) is 291 Å². The third kappa shape index (κ3) is 9.92. The number of carboxylic acids is 1. The van der Waals surface area contributed by atoms with Crippen LogP contribution in [0.4, 0.5) is 4.79 Å². The van der Waals surface area contributed by atoms with Gasteiger partial charge >= 0.3 is 59.5 Å². The van der Waals surface area contributed by atoms with Crippen LogP contribution in [0, 0.1) is 16.7 Å². The number of esters is 4. The fourth-order valence-electron chi connectivity index (χ4n) is 10.1. The molecule has 3 fully saturated rings. The van der Waals surface area contributed by atoms with Gasteiger partial charge in [0, 0.05) is 25.2 Å². The molecule has 358 valence electrons. The number of ketones is 1. The van der Waals surface area contributed by atoms with Gasteiger partial charge in [-0.15, -0.1) is 0 Å². The first kappa shape index (κ1) is 53.2. The van der Waals surface area contributed by atoms with Crippen LogP contribution in [-0.4, -0.2) is 128 Å². The number of rotatable bonds is 12. The number of nitrogens with one attached hydrogen (secondary N) is 1. The molecule has 12 atom stereocenters. The Balaban J connectivity index is 0.00000840. The Kier molecular flexibility index (Phi) is 15.7. The van der Waals surface area contributed by atoms with Crippen molar-refractivity contribution in [1.29, 1.82) is 0 Å². The van der Waals surface area contributed by atoms with E-state index in [2.05, 4.69) is 5.32 Å². The second kappa shape index (κ2) is 19.7. The molecule has 2 aromatic carbocycles. The summed E-state index contributed by atoms with van der Waals surface area (Å²) < 4.78 is 35.2. The van der Waals surface area contributed by atoms with Gasteiger partial charge in [0.2, 0.25) is 6.10 Å². The molecule has 20 heteroatoms. The molecule has 1 aliphatic heterocycles. The van der Waals surface area contributed by atoms with E-state index in [4.69, 9.17) is 28.4 Å². The van der Waals surface area contributed by atoms with Crippen molar-refractivity contribution in [2.45, 2.75) is 140 Å². The van der Waals surface area contributed by atoms with E-state index < -0.39 is 137 Å². The summed E-state index contributed by atoms with van der Waals surface area (Å²) in [6, 6.07) is 13.6. The normalized spacial score (nSPS) is 30.9. The van der Waals surface area contributed by atoms with Crippen molar-refractivity contribution in [3.8, 4) is 0 Å². The SMILES string of the molecule is CC(=O)O[C@@]12CO[C@@H]1C[C@H](O)[C@@]1(C)C(=O)[C@H](O)C3=C(C)[C@@H](OC(=O)[C@H](OC(=O)C[C@@H](O)C(=O)[O-])[C@@H](NC(=O)OC(C)(C)C)c4ccccc4)C[C@@](O)([C@@H](OC(=O)c4ccccc4)[C@H]21)C3(C)C.[Na+]. The Morgan fingerprint density at radius 1 is 0.955 bits per heavy atom. The van der Waals surface area contributed by atoms with E-state index in [9.17, 15) is 54.3 Å². The molecule has 2 aromatic rings. The number of hydrogen-bond donors (Lipinski definition) is 5. The Labute approximate surface area is 408 Å². The first-order valence-corrected chi connectivity index (χ1v) is 21.4. The molecular weight excluding hydrogens is 889 g/mol. The number of amides is 1. The molecule has 1 amide bonds. The zero-order valence-corrected chi connectivity index (χ0v) is 40.8. The van der Waals surface area contributed by atoms with E-state index in [0.29, 0.717) is 0 Å². The van der Waals surface area contributed by atoms with Gasteiger partial charge in [-0.05, 0) is 63.5 Å². The minimum Gasteiger partial charge on any atom is -0.547 e.